The number of nitrogens with two attached hydrogens (primary N) is 1. The Bertz CT molecular complexity index is 440. The van der Waals surface area contributed by atoms with Gasteiger partial charge in [-0.25, -0.2) is 0 Å². The Hall–Kier alpha value is -1.55. The summed E-state index contributed by atoms with van der Waals surface area (Å²) < 4.78 is 5.36. The number of hydrogen-bond donors (Lipinski definition) is 2. The molecule has 4 heteroatoms. The molecule has 0 bridgehead atoms. The van der Waals surface area contributed by atoms with E-state index in [1.807, 2.05) is 26.0 Å². The summed E-state index contributed by atoms with van der Waals surface area (Å²) in [6.45, 7) is 5.05. The van der Waals surface area contributed by atoms with Gasteiger partial charge in [-0.15, -0.1) is 0 Å². The molecule has 0 aromatic heterocycles. The summed E-state index contributed by atoms with van der Waals surface area (Å²) in [5.41, 5.74) is 6.16. The summed E-state index contributed by atoms with van der Waals surface area (Å²) in [4.78, 5) is 12.2. The third-order valence-electron chi connectivity index (χ3n) is 3.73. The smallest absolute Gasteiger partial charge is 0.251 e. The Morgan fingerprint density at radius 3 is 2.53 bits per heavy atom. The van der Waals surface area contributed by atoms with E-state index in [2.05, 4.69) is 5.32 Å². The first-order valence-corrected chi connectivity index (χ1v) is 6.84. The SMILES string of the molecule is CCOc1ccc(C(=O)NC(C)(CN)C2CC2)cc1. The van der Waals surface area contributed by atoms with Gasteiger partial charge in [0.2, 0.25) is 0 Å². The minimum absolute atomic E-state index is 0.0668. The van der Waals surface area contributed by atoms with Gasteiger partial charge in [-0.2, -0.15) is 0 Å². The second-order valence-corrected chi connectivity index (χ2v) is 5.31. The van der Waals surface area contributed by atoms with Gasteiger partial charge in [0.1, 0.15) is 5.75 Å². The van der Waals surface area contributed by atoms with Gasteiger partial charge in [0.05, 0.1) is 12.1 Å². The van der Waals surface area contributed by atoms with E-state index in [0.717, 1.165) is 18.6 Å². The van der Waals surface area contributed by atoms with E-state index in [1.165, 1.54) is 0 Å². The zero-order valence-corrected chi connectivity index (χ0v) is 11.6. The highest BCUT2D eigenvalue weighted by atomic mass is 16.5. The van der Waals surface area contributed by atoms with Gasteiger partial charge < -0.3 is 15.8 Å². The summed E-state index contributed by atoms with van der Waals surface area (Å²) in [6.07, 6.45) is 2.30. The topological polar surface area (TPSA) is 64.3 Å². The number of benzene rings is 1. The van der Waals surface area contributed by atoms with E-state index in [9.17, 15) is 4.79 Å². The van der Waals surface area contributed by atoms with Crippen LogP contribution in [-0.4, -0.2) is 24.6 Å². The maximum Gasteiger partial charge on any atom is 0.251 e. The molecule has 1 atom stereocenters. The zero-order valence-electron chi connectivity index (χ0n) is 11.6. The second kappa shape index (κ2) is 5.61. The van der Waals surface area contributed by atoms with Crippen LogP contribution < -0.4 is 15.8 Å². The van der Waals surface area contributed by atoms with Gasteiger partial charge in [0.25, 0.3) is 5.91 Å². The van der Waals surface area contributed by atoms with Crippen LogP contribution in [0.4, 0.5) is 0 Å². The molecule has 2 rings (SSSR count). The van der Waals surface area contributed by atoms with E-state index >= 15 is 0 Å². The lowest BCUT2D eigenvalue weighted by Gasteiger charge is -2.29. The number of ether oxygens (including phenoxy) is 1. The third kappa shape index (κ3) is 3.26. The second-order valence-electron chi connectivity index (χ2n) is 5.31. The minimum atomic E-state index is -0.282. The normalized spacial score (nSPS) is 17.6. The Morgan fingerprint density at radius 2 is 2.05 bits per heavy atom. The lowest BCUT2D eigenvalue weighted by Crippen LogP contribution is -2.53. The first-order chi connectivity index (χ1) is 9.09. The van der Waals surface area contributed by atoms with Crippen LogP contribution in [0.5, 0.6) is 5.75 Å². The zero-order chi connectivity index (χ0) is 13.9. The highest BCUT2D eigenvalue weighted by Crippen LogP contribution is 2.39. The summed E-state index contributed by atoms with van der Waals surface area (Å²) in [5.74, 6) is 1.23. The molecule has 0 heterocycles. The van der Waals surface area contributed by atoms with Crippen molar-refractivity contribution in [2.24, 2.45) is 11.7 Å². The molecule has 0 saturated heterocycles. The first-order valence-electron chi connectivity index (χ1n) is 6.84. The van der Waals surface area contributed by atoms with Crippen molar-refractivity contribution in [3.8, 4) is 5.75 Å². The molecular weight excluding hydrogens is 240 g/mol. The van der Waals surface area contributed by atoms with Crippen molar-refractivity contribution in [1.29, 1.82) is 0 Å². The molecule has 1 aromatic rings. The van der Waals surface area contributed by atoms with Crippen molar-refractivity contribution >= 4 is 5.91 Å². The standard InChI is InChI=1S/C15H22N2O2/c1-3-19-13-8-4-11(5-9-13)14(18)17-15(2,10-16)12-6-7-12/h4-5,8-9,12H,3,6-7,10,16H2,1-2H3,(H,17,18). The number of carbonyl (C=O) groups excluding carboxylic acids is 1. The fourth-order valence-corrected chi connectivity index (χ4v) is 2.24. The molecule has 4 nitrogen and oxygen atoms in total. The number of nitrogens with one attached hydrogen (secondary N) is 1. The fourth-order valence-electron chi connectivity index (χ4n) is 2.24. The van der Waals surface area contributed by atoms with Crippen molar-refractivity contribution in [2.45, 2.75) is 32.2 Å². The molecule has 0 radical (unpaired) electrons. The lowest BCUT2D eigenvalue weighted by atomic mass is 9.95. The molecule has 1 saturated carbocycles. The van der Waals surface area contributed by atoms with Crippen LogP contribution in [0.25, 0.3) is 0 Å². The highest BCUT2D eigenvalue weighted by molar-refractivity contribution is 5.94. The van der Waals surface area contributed by atoms with Gasteiger partial charge >= 0.3 is 0 Å². The molecular formula is C15H22N2O2. The Morgan fingerprint density at radius 1 is 1.42 bits per heavy atom. The van der Waals surface area contributed by atoms with Gasteiger partial charge in [-0.05, 0) is 56.9 Å². The van der Waals surface area contributed by atoms with Crippen molar-refractivity contribution in [2.75, 3.05) is 13.2 Å². The van der Waals surface area contributed by atoms with Crippen molar-refractivity contribution < 1.29 is 9.53 Å². The minimum Gasteiger partial charge on any atom is -0.494 e. The Balaban J connectivity index is 2.02. The summed E-state index contributed by atoms with van der Waals surface area (Å²) >= 11 is 0. The van der Waals surface area contributed by atoms with Crippen LogP contribution in [0.3, 0.4) is 0 Å². The van der Waals surface area contributed by atoms with Crippen LogP contribution in [-0.2, 0) is 0 Å². The van der Waals surface area contributed by atoms with Crippen LogP contribution in [0, 0.1) is 5.92 Å². The van der Waals surface area contributed by atoms with Crippen LogP contribution in [0.1, 0.15) is 37.0 Å². The summed E-state index contributed by atoms with van der Waals surface area (Å²) in [6, 6.07) is 7.19. The fraction of sp³-hybridized carbons (Fsp3) is 0.533. The maximum atomic E-state index is 12.2. The summed E-state index contributed by atoms with van der Waals surface area (Å²) in [5, 5.41) is 3.07. The quantitative estimate of drug-likeness (QED) is 0.823. The van der Waals surface area contributed by atoms with Crippen LogP contribution >= 0.6 is 0 Å². The monoisotopic (exact) mass is 262 g/mol. The molecule has 1 amide bonds. The predicted molar refractivity (Wildman–Crippen MR) is 75.3 cm³/mol. The number of rotatable bonds is 6. The average molecular weight is 262 g/mol. The largest absolute Gasteiger partial charge is 0.494 e. The van der Waals surface area contributed by atoms with Gasteiger partial charge in [0.15, 0.2) is 0 Å². The highest BCUT2D eigenvalue weighted by Gasteiger charge is 2.41. The molecule has 1 aromatic carbocycles. The Labute approximate surface area is 114 Å². The number of hydrogen-bond acceptors (Lipinski definition) is 3. The van der Waals surface area contributed by atoms with Gasteiger partial charge in [0, 0.05) is 12.1 Å². The molecule has 3 N–H and O–H groups in total. The lowest BCUT2D eigenvalue weighted by molar-refractivity contribution is 0.0898. The number of amides is 1. The molecule has 104 valence electrons. The molecule has 0 spiro atoms. The van der Waals surface area contributed by atoms with Crippen LogP contribution in [0.2, 0.25) is 0 Å². The van der Waals surface area contributed by atoms with Crippen LogP contribution in [0.15, 0.2) is 24.3 Å². The molecule has 1 aliphatic rings. The first kappa shape index (κ1) is 13.9. The van der Waals surface area contributed by atoms with Gasteiger partial charge in [-0.1, -0.05) is 0 Å². The predicted octanol–water partition coefficient (Wildman–Crippen LogP) is 1.94. The number of carbonyl (C=O) groups is 1. The Kier molecular flexibility index (Phi) is 4.10. The molecule has 0 aliphatic heterocycles. The molecule has 1 unspecified atom stereocenters. The van der Waals surface area contributed by atoms with E-state index < -0.39 is 0 Å². The molecule has 1 fully saturated rings. The van der Waals surface area contributed by atoms with Crippen molar-refractivity contribution in [1.82, 2.24) is 5.32 Å². The van der Waals surface area contributed by atoms with Crippen molar-refractivity contribution in [3.05, 3.63) is 29.8 Å². The maximum absolute atomic E-state index is 12.2. The van der Waals surface area contributed by atoms with E-state index in [-0.39, 0.29) is 11.4 Å². The molecule has 1 aliphatic carbocycles. The molecule has 19 heavy (non-hydrogen) atoms. The van der Waals surface area contributed by atoms with E-state index in [0.29, 0.717) is 24.6 Å². The van der Waals surface area contributed by atoms with E-state index in [4.69, 9.17) is 10.5 Å². The van der Waals surface area contributed by atoms with Gasteiger partial charge in [-0.3, -0.25) is 4.79 Å². The van der Waals surface area contributed by atoms with Crippen molar-refractivity contribution in [3.63, 3.8) is 0 Å². The third-order valence-corrected chi connectivity index (χ3v) is 3.73. The average Bonchev–Trinajstić information content (AvgIpc) is 3.24. The summed E-state index contributed by atoms with van der Waals surface area (Å²) in [7, 11) is 0. The van der Waals surface area contributed by atoms with E-state index in [1.54, 1.807) is 12.1 Å².